The molecule has 0 spiro atoms. The number of aromatic nitrogens is 3. The molecule has 2 atom stereocenters. The van der Waals surface area contributed by atoms with Crippen LogP contribution in [-0.4, -0.2) is 38.7 Å². The molecule has 136 valence electrons. The first-order valence-corrected chi connectivity index (χ1v) is 9.29. The molecule has 1 saturated heterocycles. The maximum absolute atomic E-state index is 13.0. The lowest BCUT2D eigenvalue weighted by Crippen LogP contribution is -2.49. The normalized spacial score (nSPS) is 21.0. The van der Waals surface area contributed by atoms with Crippen molar-refractivity contribution in [2.24, 2.45) is 5.92 Å². The lowest BCUT2D eigenvalue weighted by atomic mass is 9.83. The first-order chi connectivity index (χ1) is 13.2. The summed E-state index contributed by atoms with van der Waals surface area (Å²) in [5.74, 6) is 0.509. The Labute approximate surface area is 156 Å². The molecule has 2 aromatic heterocycles. The molecule has 1 amide bonds. The minimum atomic E-state index is -0.0221. The van der Waals surface area contributed by atoms with Gasteiger partial charge in [0.25, 0.3) is 11.5 Å². The quantitative estimate of drug-likeness (QED) is 0.763. The van der Waals surface area contributed by atoms with Gasteiger partial charge in [-0.15, -0.1) is 0 Å². The topological polar surface area (TPSA) is 71.0 Å². The van der Waals surface area contributed by atoms with Gasteiger partial charge in [0.2, 0.25) is 0 Å². The Morgan fingerprint density at radius 1 is 1.04 bits per heavy atom. The van der Waals surface area contributed by atoms with Crippen LogP contribution in [0.2, 0.25) is 0 Å². The minimum absolute atomic E-state index is 0.0221. The second-order valence-corrected chi connectivity index (χ2v) is 7.44. The van der Waals surface area contributed by atoms with E-state index in [4.69, 9.17) is 0 Å². The number of piperidine rings is 1. The van der Waals surface area contributed by atoms with Crippen LogP contribution in [0, 0.1) is 5.92 Å². The van der Waals surface area contributed by atoms with Crippen LogP contribution in [0.15, 0.2) is 59.4 Å². The Morgan fingerprint density at radius 3 is 2.74 bits per heavy atom. The first kappa shape index (κ1) is 16.1. The van der Waals surface area contributed by atoms with Crippen LogP contribution in [0.3, 0.4) is 0 Å². The highest BCUT2D eigenvalue weighted by Crippen LogP contribution is 2.35. The number of carbonyl (C=O) groups is 1. The molecule has 0 aliphatic carbocycles. The summed E-state index contributed by atoms with van der Waals surface area (Å²) in [5.41, 5.74) is 3.37. The van der Waals surface area contributed by atoms with Crippen molar-refractivity contribution in [3.63, 3.8) is 0 Å². The van der Waals surface area contributed by atoms with Crippen molar-refractivity contribution in [1.29, 1.82) is 0 Å². The van der Waals surface area contributed by atoms with Gasteiger partial charge in [-0.1, -0.05) is 36.4 Å². The number of hydrogen-bond donors (Lipinski definition) is 1. The van der Waals surface area contributed by atoms with Gasteiger partial charge in [-0.3, -0.25) is 14.7 Å². The molecule has 1 N–H and O–H groups in total. The average molecular weight is 360 g/mol. The lowest BCUT2D eigenvalue weighted by Gasteiger charge is -2.42. The van der Waals surface area contributed by atoms with E-state index in [-0.39, 0.29) is 17.4 Å². The van der Waals surface area contributed by atoms with Crippen LogP contribution in [0.25, 0.3) is 11.3 Å². The summed E-state index contributed by atoms with van der Waals surface area (Å²) < 4.78 is 1.88. The molecule has 6 nitrogen and oxygen atoms in total. The third-order valence-corrected chi connectivity index (χ3v) is 5.64. The summed E-state index contributed by atoms with van der Waals surface area (Å²) in [6, 6.07) is 17.1. The number of likely N-dealkylation sites (tertiary alicyclic amines) is 1. The van der Waals surface area contributed by atoms with E-state index < -0.39 is 0 Å². The average Bonchev–Trinajstić information content (AvgIpc) is 3.19. The predicted octanol–water partition coefficient (Wildman–Crippen LogP) is 2.50. The lowest BCUT2D eigenvalue weighted by molar-refractivity contribution is 0.0588. The van der Waals surface area contributed by atoms with Crippen molar-refractivity contribution >= 4 is 5.91 Å². The maximum atomic E-state index is 13.0. The van der Waals surface area contributed by atoms with Crippen LogP contribution in [0.1, 0.15) is 28.5 Å². The van der Waals surface area contributed by atoms with Crippen LogP contribution in [-0.2, 0) is 6.54 Å². The Hall–Kier alpha value is -3.15. The molecule has 2 aliphatic rings. The second-order valence-electron chi connectivity index (χ2n) is 7.44. The Kier molecular flexibility index (Phi) is 3.70. The number of rotatable bonds is 2. The van der Waals surface area contributed by atoms with Crippen molar-refractivity contribution in [3.05, 3.63) is 76.3 Å². The number of amides is 1. The minimum Gasteiger partial charge on any atom is -0.336 e. The Morgan fingerprint density at radius 2 is 1.89 bits per heavy atom. The zero-order chi connectivity index (χ0) is 18.4. The predicted molar refractivity (Wildman–Crippen MR) is 101 cm³/mol. The van der Waals surface area contributed by atoms with E-state index in [1.807, 2.05) is 58.0 Å². The van der Waals surface area contributed by atoms with Gasteiger partial charge >= 0.3 is 0 Å². The molecule has 1 aromatic carbocycles. The largest absolute Gasteiger partial charge is 0.336 e. The van der Waals surface area contributed by atoms with Gasteiger partial charge in [0.1, 0.15) is 5.69 Å². The molecule has 1 fully saturated rings. The number of nitrogens with one attached hydrogen (secondary N) is 1. The van der Waals surface area contributed by atoms with Crippen LogP contribution in [0.5, 0.6) is 0 Å². The molecule has 5 rings (SSSR count). The summed E-state index contributed by atoms with van der Waals surface area (Å²) in [6.45, 7) is 2.00. The summed E-state index contributed by atoms with van der Waals surface area (Å²) in [4.78, 5) is 27.1. The monoisotopic (exact) mass is 360 g/mol. The Balaban J connectivity index is 1.40. The molecule has 4 heterocycles. The van der Waals surface area contributed by atoms with E-state index >= 15 is 0 Å². The van der Waals surface area contributed by atoms with E-state index in [0.29, 0.717) is 31.2 Å². The molecule has 27 heavy (non-hydrogen) atoms. The zero-order valence-corrected chi connectivity index (χ0v) is 14.8. The summed E-state index contributed by atoms with van der Waals surface area (Å²) in [6.07, 6.45) is 1.03. The van der Waals surface area contributed by atoms with Gasteiger partial charge < -0.3 is 9.47 Å². The molecule has 0 radical (unpaired) electrons. The smallest absolute Gasteiger partial charge is 0.271 e. The molecule has 6 heteroatoms. The molecular formula is C21H20N4O2. The maximum Gasteiger partial charge on any atom is 0.271 e. The third-order valence-electron chi connectivity index (χ3n) is 5.64. The molecule has 0 saturated carbocycles. The fourth-order valence-corrected chi connectivity index (χ4v) is 4.42. The van der Waals surface area contributed by atoms with Crippen LogP contribution in [0.4, 0.5) is 0 Å². The molecule has 2 bridgehead atoms. The van der Waals surface area contributed by atoms with E-state index in [0.717, 1.165) is 23.4 Å². The van der Waals surface area contributed by atoms with Crippen molar-refractivity contribution in [3.8, 4) is 11.3 Å². The molecule has 2 unspecified atom stereocenters. The van der Waals surface area contributed by atoms with Gasteiger partial charge in [-0.05, 0) is 24.5 Å². The van der Waals surface area contributed by atoms with E-state index in [9.17, 15) is 9.59 Å². The number of hydrogen-bond acceptors (Lipinski definition) is 3. The van der Waals surface area contributed by atoms with Gasteiger partial charge in [0, 0.05) is 42.9 Å². The highest BCUT2D eigenvalue weighted by molar-refractivity contribution is 5.93. The Bertz CT molecular complexity index is 1050. The summed E-state index contributed by atoms with van der Waals surface area (Å²) in [7, 11) is 0. The van der Waals surface area contributed by atoms with Crippen molar-refractivity contribution < 1.29 is 4.79 Å². The van der Waals surface area contributed by atoms with Gasteiger partial charge in [0.15, 0.2) is 0 Å². The number of H-pyrrole nitrogens is 1. The fourth-order valence-electron chi connectivity index (χ4n) is 4.42. The number of benzene rings is 1. The number of fused-ring (bicyclic) bond motifs is 4. The number of aromatic amines is 1. The van der Waals surface area contributed by atoms with Crippen molar-refractivity contribution in [2.75, 3.05) is 13.1 Å². The number of nitrogens with zero attached hydrogens (tertiary/aromatic N) is 3. The SMILES string of the molecule is O=C(c1cc(-c2ccccc2)n[nH]1)N1CC2CC(C1)c1cccc(=O)n1C2. The highest BCUT2D eigenvalue weighted by Gasteiger charge is 2.36. The third kappa shape index (κ3) is 2.77. The van der Waals surface area contributed by atoms with Crippen molar-refractivity contribution in [2.45, 2.75) is 18.9 Å². The molecular weight excluding hydrogens is 340 g/mol. The standard InChI is InChI=1S/C21H20N4O2/c26-20-8-4-7-19-16-9-14(12-25(19)20)11-24(13-16)21(27)18-10-17(22-23-18)15-5-2-1-3-6-15/h1-8,10,14,16H,9,11-13H2,(H,22,23). The zero-order valence-electron chi connectivity index (χ0n) is 14.8. The summed E-state index contributed by atoms with van der Waals surface area (Å²) in [5, 5.41) is 7.20. The molecule has 3 aromatic rings. The summed E-state index contributed by atoms with van der Waals surface area (Å²) >= 11 is 0. The number of pyridine rings is 1. The van der Waals surface area contributed by atoms with Crippen LogP contribution >= 0.6 is 0 Å². The van der Waals surface area contributed by atoms with E-state index in [2.05, 4.69) is 10.2 Å². The van der Waals surface area contributed by atoms with E-state index in [1.54, 1.807) is 6.07 Å². The van der Waals surface area contributed by atoms with Crippen LogP contribution < -0.4 is 5.56 Å². The number of carbonyl (C=O) groups excluding carboxylic acids is 1. The van der Waals surface area contributed by atoms with Crippen molar-refractivity contribution in [1.82, 2.24) is 19.7 Å². The highest BCUT2D eigenvalue weighted by atomic mass is 16.2. The van der Waals surface area contributed by atoms with E-state index in [1.165, 1.54) is 0 Å². The second kappa shape index (κ2) is 6.23. The van der Waals surface area contributed by atoms with Gasteiger partial charge in [-0.25, -0.2) is 0 Å². The molecule has 2 aliphatic heterocycles. The van der Waals surface area contributed by atoms with Gasteiger partial charge in [-0.2, -0.15) is 5.10 Å². The first-order valence-electron chi connectivity index (χ1n) is 9.29. The fraction of sp³-hybridized carbons (Fsp3) is 0.286. The van der Waals surface area contributed by atoms with Gasteiger partial charge in [0.05, 0.1) is 5.69 Å².